The largest absolute Gasteiger partial charge is 0.496 e. The lowest BCUT2D eigenvalue weighted by atomic mass is 10.1. The number of benzene rings is 2. The van der Waals surface area contributed by atoms with E-state index < -0.39 is 0 Å². The summed E-state index contributed by atoms with van der Waals surface area (Å²) in [5.74, 6) is -0.0580. The highest BCUT2D eigenvalue weighted by Crippen LogP contribution is 2.24. The number of rotatable bonds is 8. The minimum Gasteiger partial charge on any atom is -0.496 e. The molecule has 0 bridgehead atoms. The maximum absolute atomic E-state index is 12.6. The first kappa shape index (κ1) is 20.3. The van der Waals surface area contributed by atoms with Gasteiger partial charge in [0.15, 0.2) is 0 Å². The van der Waals surface area contributed by atoms with Gasteiger partial charge in [0.05, 0.1) is 24.8 Å². The summed E-state index contributed by atoms with van der Waals surface area (Å²) < 4.78 is 10.2. The molecule has 27 heavy (non-hydrogen) atoms. The molecular formula is C20H25N3O4. The number of carbonyl (C=O) groups excluding carboxylic acids is 2. The van der Waals surface area contributed by atoms with Crippen molar-refractivity contribution in [1.82, 2.24) is 5.32 Å². The second kappa shape index (κ2) is 9.59. The van der Waals surface area contributed by atoms with Crippen LogP contribution in [0.3, 0.4) is 0 Å². The van der Waals surface area contributed by atoms with Gasteiger partial charge < -0.3 is 25.0 Å². The fourth-order valence-electron chi connectivity index (χ4n) is 2.58. The van der Waals surface area contributed by atoms with Gasteiger partial charge in [0.1, 0.15) is 5.75 Å². The van der Waals surface area contributed by atoms with E-state index in [1.165, 1.54) is 7.11 Å². The highest BCUT2D eigenvalue weighted by atomic mass is 16.5. The minimum atomic E-state index is -0.309. The lowest BCUT2D eigenvalue weighted by Gasteiger charge is -2.18. The van der Waals surface area contributed by atoms with Crippen LogP contribution in [0.4, 0.5) is 11.4 Å². The first-order valence-corrected chi connectivity index (χ1v) is 8.50. The van der Waals surface area contributed by atoms with Gasteiger partial charge in [0.25, 0.3) is 11.8 Å². The third kappa shape index (κ3) is 5.21. The van der Waals surface area contributed by atoms with E-state index in [-0.39, 0.29) is 11.8 Å². The number of hydrogen-bond acceptors (Lipinski definition) is 5. The quantitative estimate of drug-likeness (QED) is 0.697. The van der Waals surface area contributed by atoms with Crippen molar-refractivity contribution < 1.29 is 19.1 Å². The smallest absolute Gasteiger partial charge is 0.259 e. The second-order valence-corrected chi connectivity index (χ2v) is 6.03. The molecular weight excluding hydrogens is 346 g/mol. The lowest BCUT2D eigenvalue weighted by Crippen LogP contribution is -2.28. The van der Waals surface area contributed by atoms with Crippen LogP contribution < -0.4 is 20.3 Å². The summed E-state index contributed by atoms with van der Waals surface area (Å²) >= 11 is 0. The third-order valence-electron chi connectivity index (χ3n) is 3.92. The average Bonchev–Trinajstić information content (AvgIpc) is 2.67. The molecule has 0 fully saturated rings. The lowest BCUT2D eigenvalue weighted by molar-refractivity contribution is 0.0936. The normalized spacial score (nSPS) is 10.2. The molecule has 0 aliphatic carbocycles. The molecule has 2 rings (SSSR count). The van der Waals surface area contributed by atoms with Crippen LogP contribution in [0.1, 0.15) is 20.7 Å². The predicted molar refractivity (Wildman–Crippen MR) is 106 cm³/mol. The maximum Gasteiger partial charge on any atom is 0.259 e. The number of amides is 2. The highest BCUT2D eigenvalue weighted by Gasteiger charge is 2.16. The van der Waals surface area contributed by atoms with Crippen molar-refractivity contribution in [2.75, 3.05) is 51.7 Å². The van der Waals surface area contributed by atoms with Crippen LogP contribution in [0, 0.1) is 0 Å². The highest BCUT2D eigenvalue weighted by molar-refractivity contribution is 6.07. The van der Waals surface area contributed by atoms with Crippen molar-refractivity contribution in [3.05, 3.63) is 53.6 Å². The summed E-state index contributed by atoms with van der Waals surface area (Å²) in [6.45, 7) is 0.827. The Morgan fingerprint density at radius 1 is 1.00 bits per heavy atom. The zero-order valence-electron chi connectivity index (χ0n) is 16.0. The van der Waals surface area contributed by atoms with Crippen LogP contribution in [0.5, 0.6) is 5.75 Å². The summed E-state index contributed by atoms with van der Waals surface area (Å²) in [6, 6.07) is 12.2. The van der Waals surface area contributed by atoms with Gasteiger partial charge in [-0.15, -0.1) is 0 Å². The maximum atomic E-state index is 12.6. The molecule has 2 aromatic carbocycles. The Balaban J connectivity index is 2.26. The molecule has 0 aliphatic heterocycles. The van der Waals surface area contributed by atoms with Gasteiger partial charge in [-0.3, -0.25) is 9.59 Å². The van der Waals surface area contributed by atoms with Gasteiger partial charge in [-0.2, -0.15) is 0 Å². The molecule has 0 spiro atoms. The summed E-state index contributed by atoms with van der Waals surface area (Å²) in [4.78, 5) is 27.0. The summed E-state index contributed by atoms with van der Waals surface area (Å²) in [7, 11) is 6.80. The van der Waals surface area contributed by atoms with E-state index in [0.29, 0.717) is 35.7 Å². The average molecular weight is 371 g/mol. The first-order chi connectivity index (χ1) is 13.0. The molecule has 0 radical (unpaired) electrons. The molecule has 2 amide bonds. The molecule has 7 nitrogen and oxygen atoms in total. The van der Waals surface area contributed by atoms with E-state index in [1.807, 2.05) is 19.0 Å². The number of ether oxygens (including phenoxy) is 2. The van der Waals surface area contributed by atoms with Crippen molar-refractivity contribution in [3.63, 3.8) is 0 Å². The predicted octanol–water partition coefficient (Wildman–Crippen LogP) is 2.39. The molecule has 7 heteroatoms. The standard InChI is InChI=1S/C20H25N3O4/c1-23(2)17-10-9-14(13-16(17)19(24)21-11-12-26-3)22-20(25)15-7-5-6-8-18(15)27-4/h5-10,13H,11-12H2,1-4H3,(H,21,24)(H,22,25). The van der Waals surface area contributed by atoms with Crippen LogP contribution in [0.25, 0.3) is 0 Å². The molecule has 2 N–H and O–H groups in total. The number of para-hydroxylation sites is 1. The Morgan fingerprint density at radius 2 is 1.74 bits per heavy atom. The van der Waals surface area contributed by atoms with E-state index in [9.17, 15) is 9.59 Å². The summed E-state index contributed by atoms with van der Waals surface area (Å²) in [6.07, 6.45) is 0. The summed E-state index contributed by atoms with van der Waals surface area (Å²) in [5, 5.41) is 5.62. The van der Waals surface area contributed by atoms with Gasteiger partial charge in [0, 0.05) is 39.1 Å². The number of hydrogen-bond donors (Lipinski definition) is 2. The first-order valence-electron chi connectivity index (χ1n) is 8.50. The molecule has 2 aromatic rings. The van der Waals surface area contributed by atoms with Crippen molar-refractivity contribution >= 4 is 23.2 Å². The summed E-state index contributed by atoms with van der Waals surface area (Å²) in [5.41, 5.74) is 2.16. The number of anilines is 2. The third-order valence-corrected chi connectivity index (χ3v) is 3.92. The van der Waals surface area contributed by atoms with E-state index in [0.717, 1.165) is 5.69 Å². The monoisotopic (exact) mass is 371 g/mol. The number of carbonyl (C=O) groups is 2. The van der Waals surface area contributed by atoms with Crippen LogP contribution in [0.2, 0.25) is 0 Å². The number of nitrogens with one attached hydrogen (secondary N) is 2. The Kier molecular flexibility index (Phi) is 7.19. The molecule has 0 saturated carbocycles. The van der Waals surface area contributed by atoms with Crippen molar-refractivity contribution in [2.45, 2.75) is 0 Å². The molecule has 0 atom stereocenters. The van der Waals surface area contributed by atoms with Gasteiger partial charge in [0.2, 0.25) is 0 Å². The van der Waals surface area contributed by atoms with E-state index in [1.54, 1.807) is 49.6 Å². The Labute approximate surface area is 159 Å². The molecule has 0 heterocycles. The van der Waals surface area contributed by atoms with Crippen molar-refractivity contribution in [1.29, 1.82) is 0 Å². The minimum absolute atomic E-state index is 0.232. The zero-order valence-corrected chi connectivity index (χ0v) is 16.0. The number of nitrogens with zero attached hydrogens (tertiary/aromatic N) is 1. The molecule has 0 unspecified atom stereocenters. The van der Waals surface area contributed by atoms with Gasteiger partial charge in [-0.1, -0.05) is 12.1 Å². The van der Waals surface area contributed by atoms with Crippen LogP contribution in [-0.2, 0) is 4.74 Å². The van der Waals surface area contributed by atoms with Gasteiger partial charge >= 0.3 is 0 Å². The SMILES string of the molecule is COCCNC(=O)c1cc(NC(=O)c2ccccc2OC)ccc1N(C)C. The van der Waals surface area contributed by atoms with Crippen LogP contribution in [0.15, 0.2) is 42.5 Å². The van der Waals surface area contributed by atoms with E-state index >= 15 is 0 Å². The second-order valence-electron chi connectivity index (χ2n) is 6.03. The Hall–Kier alpha value is -3.06. The van der Waals surface area contributed by atoms with Gasteiger partial charge in [-0.05, 0) is 30.3 Å². The van der Waals surface area contributed by atoms with Crippen molar-refractivity contribution in [3.8, 4) is 5.75 Å². The van der Waals surface area contributed by atoms with Gasteiger partial charge in [-0.25, -0.2) is 0 Å². The van der Waals surface area contributed by atoms with Crippen molar-refractivity contribution in [2.24, 2.45) is 0 Å². The fourth-order valence-corrected chi connectivity index (χ4v) is 2.58. The van der Waals surface area contributed by atoms with Crippen LogP contribution in [-0.4, -0.2) is 53.3 Å². The molecule has 0 aromatic heterocycles. The number of methoxy groups -OCH3 is 2. The Morgan fingerprint density at radius 3 is 2.41 bits per heavy atom. The zero-order chi connectivity index (χ0) is 19.8. The van der Waals surface area contributed by atoms with Crippen LogP contribution >= 0.6 is 0 Å². The van der Waals surface area contributed by atoms with E-state index in [4.69, 9.17) is 9.47 Å². The van der Waals surface area contributed by atoms with E-state index in [2.05, 4.69) is 10.6 Å². The fraction of sp³-hybridized carbons (Fsp3) is 0.300. The molecule has 0 saturated heterocycles. The molecule has 144 valence electrons. The molecule has 0 aliphatic rings. The topological polar surface area (TPSA) is 79.9 Å². The Bertz CT molecular complexity index is 806.